The van der Waals surface area contributed by atoms with Crippen LogP contribution in [0.1, 0.15) is 20.1 Å². The van der Waals surface area contributed by atoms with Crippen LogP contribution >= 0.6 is 11.3 Å². The number of thiophene rings is 1. The lowest BCUT2D eigenvalue weighted by molar-refractivity contribution is -0.385. The lowest BCUT2D eigenvalue weighted by atomic mass is 10.2. The largest absolute Gasteiger partial charge is 0.321 e. The molecule has 1 N–H and O–H groups in total. The molecule has 20 heavy (non-hydrogen) atoms. The molecule has 0 radical (unpaired) electrons. The topological polar surface area (TPSA) is 72.2 Å². The van der Waals surface area contributed by atoms with Crippen LogP contribution in [-0.2, 0) is 0 Å². The Morgan fingerprint density at radius 2 is 2.20 bits per heavy atom. The molecule has 1 amide bonds. The van der Waals surface area contributed by atoms with Gasteiger partial charge in [0.05, 0.1) is 14.7 Å². The summed E-state index contributed by atoms with van der Waals surface area (Å²) in [4.78, 5) is 23.1. The van der Waals surface area contributed by atoms with Crippen molar-refractivity contribution >= 4 is 28.6 Å². The zero-order chi connectivity index (χ0) is 14.7. The summed E-state index contributed by atoms with van der Waals surface area (Å²) in [6.07, 6.45) is 5.28. The number of rotatable bonds is 3. The number of carbonyl (C=O) groups is 1. The van der Waals surface area contributed by atoms with Gasteiger partial charge in [-0.25, -0.2) is 0 Å². The highest BCUT2D eigenvalue weighted by atomic mass is 32.1. The first-order valence-electron chi connectivity index (χ1n) is 5.64. The summed E-state index contributed by atoms with van der Waals surface area (Å²) in [5.41, 5.74) is 1.16. The average molecular weight is 286 g/mol. The van der Waals surface area contributed by atoms with E-state index in [0.717, 1.165) is 11.3 Å². The summed E-state index contributed by atoms with van der Waals surface area (Å²) < 4.78 is 0. The third kappa shape index (κ3) is 2.84. The van der Waals surface area contributed by atoms with Crippen LogP contribution in [0.25, 0.3) is 0 Å². The Kier molecular flexibility index (Phi) is 3.82. The van der Waals surface area contributed by atoms with Gasteiger partial charge in [-0.1, -0.05) is 12.0 Å². The molecule has 0 saturated heterocycles. The highest BCUT2D eigenvalue weighted by Crippen LogP contribution is 2.28. The second-order valence-electron chi connectivity index (χ2n) is 3.99. The monoisotopic (exact) mass is 286 g/mol. The molecule has 0 aliphatic heterocycles. The number of nitrogens with zero attached hydrogens (tertiary/aromatic N) is 1. The number of hydrogen-bond acceptors (Lipinski definition) is 4. The number of anilines is 1. The van der Waals surface area contributed by atoms with E-state index in [2.05, 4.69) is 11.2 Å². The minimum Gasteiger partial charge on any atom is -0.321 e. The molecule has 0 fully saturated rings. The minimum atomic E-state index is -0.498. The van der Waals surface area contributed by atoms with Crippen molar-refractivity contribution in [2.45, 2.75) is 6.92 Å². The van der Waals surface area contributed by atoms with Gasteiger partial charge in [-0.05, 0) is 25.1 Å². The van der Waals surface area contributed by atoms with Gasteiger partial charge in [0.1, 0.15) is 0 Å². The Balaban J connectivity index is 2.22. The molecule has 0 aliphatic rings. The molecule has 2 aromatic rings. The molecule has 1 aromatic heterocycles. The number of hydrogen-bond donors (Lipinski definition) is 1. The first-order valence-corrected chi connectivity index (χ1v) is 6.46. The summed E-state index contributed by atoms with van der Waals surface area (Å²) >= 11 is 1.09. The van der Waals surface area contributed by atoms with Gasteiger partial charge in [0, 0.05) is 17.3 Å². The van der Waals surface area contributed by atoms with E-state index >= 15 is 0 Å². The lowest BCUT2D eigenvalue weighted by Gasteiger charge is -2.03. The Labute approximate surface area is 119 Å². The van der Waals surface area contributed by atoms with Crippen LogP contribution in [0.4, 0.5) is 11.4 Å². The van der Waals surface area contributed by atoms with Crippen molar-refractivity contribution < 1.29 is 9.72 Å². The van der Waals surface area contributed by atoms with Crippen molar-refractivity contribution in [2.75, 3.05) is 5.32 Å². The third-order valence-electron chi connectivity index (χ3n) is 2.60. The van der Waals surface area contributed by atoms with Gasteiger partial charge in [0.15, 0.2) is 0 Å². The van der Waals surface area contributed by atoms with Gasteiger partial charge >= 0.3 is 0 Å². The fourth-order valence-corrected chi connectivity index (χ4v) is 2.53. The number of carbonyl (C=O) groups excluding carboxylic acids is 1. The molecule has 0 atom stereocenters. The Bertz CT molecular complexity index is 728. The van der Waals surface area contributed by atoms with Crippen molar-refractivity contribution in [3.8, 4) is 12.3 Å². The smallest absolute Gasteiger partial charge is 0.283 e. The van der Waals surface area contributed by atoms with E-state index in [1.807, 2.05) is 0 Å². The Hall–Kier alpha value is -2.65. The van der Waals surface area contributed by atoms with Crippen LogP contribution < -0.4 is 5.32 Å². The predicted molar refractivity (Wildman–Crippen MR) is 78.0 cm³/mol. The van der Waals surface area contributed by atoms with Gasteiger partial charge in [0.25, 0.3) is 11.6 Å². The summed E-state index contributed by atoms with van der Waals surface area (Å²) in [5, 5.41) is 13.4. The molecule has 6 heteroatoms. The van der Waals surface area contributed by atoms with E-state index in [4.69, 9.17) is 6.42 Å². The van der Waals surface area contributed by atoms with E-state index in [9.17, 15) is 14.9 Å². The second-order valence-corrected chi connectivity index (χ2v) is 5.24. The number of benzene rings is 1. The standard InChI is InChI=1S/C14H10N2O3S/c1-3-10-5-4-6-11(7-10)15-14(17)13-8-12(16(18)19)9(2)20-13/h1,4-8H,2H3,(H,15,17). The summed E-state index contributed by atoms with van der Waals surface area (Å²) in [5.74, 6) is 2.08. The van der Waals surface area contributed by atoms with Crippen molar-refractivity contribution in [1.29, 1.82) is 0 Å². The number of aryl methyl sites for hydroxylation is 1. The summed E-state index contributed by atoms with van der Waals surface area (Å²) in [7, 11) is 0. The molecule has 1 heterocycles. The quantitative estimate of drug-likeness (QED) is 0.535. The van der Waals surface area contributed by atoms with Crippen molar-refractivity contribution in [2.24, 2.45) is 0 Å². The van der Waals surface area contributed by atoms with Crippen LogP contribution in [0.5, 0.6) is 0 Å². The van der Waals surface area contributed by atoms with Gasteiger partial charge in [-0.2, -0.15) is 0 Å². The SMILES string of the molecule is C#Cc1cccc(NC(=O)c2cc([N+](=O)[O-])c(C)s2)c1. The molecule has 2 rings (SSSR count). The Morgan fingerprint density at radius 3 is 2.80 bits per heavy atom. The molecular formula is C14H10N2O3S. The van der Waals surface area contributed by atoms with Gasteiger partial charge < -0.3 is 5.32 Å². The third-order valence-corrected chi connectivity index (χ3v) is 3.64. The summed E-state index contributed by atoms with van der Waals surface area (Å²) in [6.45, 7) is 1.61. The first-order chi connectivity index (χ1) is 9.51. The predicted octanol–water partition coefficient (Wildman–Crippen LogP) is 3.20. The van der Waals surface area contributed by atoms with Crippen LogP contribution in [0.15, 0.2) is 30.3 Å². The molecule has 0 unspecified atom stereocenters. The number of amides is 1. The highest BCUT2D eigenvalue weighted by molar-refractivity contribution is 7.14. The fraction of sp³-hybridized carbons (Fsp3) is 0.0714. The molecule has 0 bridgehead atoms. The van der Waals surface area contributed by atoms with E-state index in [1.165, 1.54) is 6.07 Å². The average Bonchev–Trinajstić information content (AvgIpc) is 2.81. The maximum Gasteiger partial charge on any atom is 0.283 e. The number of terminal acetylenes is 1. The minimum absolute atomic E-state index is 0.0440. The van der Waals surface area contributed by atoms with Gasteiger partial charge in [-0.3, -0.25) is 14.9 Å². The maximum atomic E-state index is 12.0. The van der Waals surface area contributed by atoms with Crippen LogP contribution in [0.3, 0.4) is 0 Å². The molecule has 0 aliphatic carbocycles. The molecule has 0 saturated carbocycles. The maximum absolute atomic E-state index is 12.0. The molecule has 0 spiro atoms. The molecule has 100 valence electrons. The first kappa shape index (κ1) is 13.8. The zero-order valence-electron chi connectivity index (χ0n) is 10.5. The van der Waals surface area contributed by atoms with E-state index in [1.54, 1.807) is 31.2 Å². The summed E-state index contributed by atoms with van der Waals surface area (Å²) in [6, 6.07) is 8.11. The number of nitro groups is 1. The lowest BCUT2D eigenvalue weighted by Crippen LogP contribution is -2.10. The van der Waals surface area contributed by atoms with Crippen molar-refractivity contribution in [1.82, 2.24) is 0 Å². The van der Waals surface area contributed by atoms with Crippen LogP contribution in [-0.4, -0.2) is 10.8 Å². The van der Waals surface area contributed by atoms with Gasteiger partial charge in [-0.15, -0.1) is 17.8 Å². The second kappa shape index (κ2) is 5.55. The molecule has 1 aromatic carbocycles. The van der Waals surface area contributed by atoms with E-state index in [-0.39, 0.29) is 11.6 Å². The Morgan fingerprint density at radius 1 is 1.45 bits per heavy atom. The number of nitrogens with one attached hydrogen (secondary N) is 1. The zero-order valence-corrected chi connectivity index (χ0v) is 11.4. The van der Waals surface area contributed by atoms with E-state index < -0.39 is 4.92 Å². The fourth-order valence-electron chi connectivity index (χ4n) is 1.65. The van der Waals surface area contributed by atoms with E-state index in [0.29, 0.717) is 21.0 Å². The molecular weight excluding hydrogens is 276 g/mol. The van der Waals surface area contributed by atoms with Crippen molar-refractivity contribution in [3.63, 3.8) is 0 Å². The molecule has 5 nitrogen and oxygen atoms in total. The van der Waals surface area contributed by atoms with Crippen LogP contribution in [0.2, 0.25) is 0 Å². The normalized spacial score (nSPS) is 9.80. The van der Waals surface area contributed by atoms with Crippen molar-refractivity contribution in [3.05, 3.63) is 55.8 Å². The van der Waals surface area contributed by atoms with Gasteiger partial charge in [0.2, 0.25) is 0 Å². The van der Waals surface area contributed by atoms with Crippen LogP contribution in [0, 0.1) is 29.4 Å². The highest BCUT2D eigenvalue weighted by Gasteiger charge is 2.19.